The van der Waals surface area contributed by atoms with E-state index in [-0.39, 0.29) is 18.2 Å². The molecule has 16 heavy (non-hydrogen) atoms. The number of rotatable bonds is 1. The van der Waals surface area contributed by atoms with Gasteiger partial charge in [0.25, 0.3) is 0 Å². The topological polar surface area (TPSA) is 165 Å². The SMILES string of the molecule is CC1CC(NC(N)=O)NC(=O)N1.NC(N)=O. The Morgan fingerprint density at radius 3 is 2.19 bits per heavy atom. The maximum Gasteiger partial charge on any atom is 0.316 e. The summed E-state index contributed by atoms with van der Waals surface area (Å²) < 4.78 is 0. The number of hydrogen-bond donors (Lipinski definition) is 6. The smallest absolute Gasteiger partial charge is 0.316 e. The van der Waals surface area contributed by atoms with E-state index in [0.717, 1.165) is 0 Å². The molecule has 1 aliphatic heterocycles. The van der Waals surface area contributed by atoms with Crippen LogP contribution in [0, 0.1) is 0 Å². The fourth-order valence-electron chi connectivity index (χ4n) is 1.16. The molecule has 0 aromatic heterocycles. The zero-order chi connectivity index (χ0) is 12.7. The lowest BCUT2D eigenvalue weighted by Gasteiger charge is -2.28. The van der Waals surface area contributed by atoms with Crippen molar-refractivity contribution in [2.75, 3.05) is 0 Å². The second-order valence-electron chi connectivity index (χ2n) is 3.22. The number of nitrogens with two attached hydrogens (primary N) is 3. The molecule has 2 atom stereocenters. The highest BCUT2D eigenvalue weighted by atomic mass is 16.2. The van der Waals surface area contributed by atoms with E-state index in [4.69, 9.17) is 10.5 Å². The van der Waals surface area contributed by atoms with Gasteiger partial charge in [0.2, 0.25) is 0 Å². The van der Waals surface area contributed by atoms with E-state index in [2.05, 4.69) is 27.4 Å². The maximum atomic E-state index is 10.9. The van der Waals surface area contributed by atoms with Crippen LogP contribution in [-0.2, 0) is 0 Å². The van der Waals surface area contributed by atoms with Crippen molar-refractivity contribution in [2.45, 2.75) is 25.6 Å². The fraction of sp³-hybridized carbons (Fsp3) is 0.571. The second kappa shape index (κ2) is 6.32. The Balaban J connectivity index is 0.000000487. The van der Waals surface area contributed by atoms with Gasteiger partial charge in [0.1, 0.15) is 6.17 Å². The molecule has 1 fully saturated rings. The second-order valence-corrected chi connectivity index (χ2v) is 3.22. The Morgan fingerprint density at radius 2 is 1.81 bits per heavy atom. The highest BCUT2D eigenvalue weighted by Crippen LogP contribution is 2.00. The highest BCUT2D eigenvalue weighted by molar-refractivity contribution is 5.77. The summed E-state index contributed by atoms with van der Waals surface area (Å²) in [6, 6.07) is -1.70. The molecule has 0 bridgehead atoms. The molecule has 1 rings (SSSR count). The number of hydrogen-bond acceptors (Lipinski definition) is 3. The Kier molecular flexibility index (Phi) is 5.46. The standard InChI is InChI=1S/C6H12N4O2.CH4N2O/c1-3-2-4(9-5(7)11)10-6(12)8-3;2-1(3)4/h3-4H,2H2,1H3,(H3,7,9,11)(H2,8,10,12);(H4,2,3,4). The molecule has 9 N–H and O–H groups in total. The first-order chi connectivity index (χ1) is 7.31. The van der Waals surface area contributed by atoms with Crippen molar-refractivity contribution >= 4 is 18.1 Å². The van der Waals surface area contributed by atoms with E-state index >= 15 is 0 Å². The summed E-state index contributed by atoms with van der Waals surface area (Å²) in [7, 11) is 0. The van der Waals surface area contributed by atoms with Gasteiger partial charge in [-0.25, -0.2) is 14.4 Å². The van der Waals surface area contributed by atoms with Crippen molar-refractivity contribution in [3.8, 4) is 0 Å². The first kappa shape index (κ1) is 13.8. The van der Waals surface area contributed by atoms with Crippen LogP contribution in [0.1, 0.15) is 13.3 Å². The van der Waals surface area contributed by atoms with Crippen LogP contribution in [0.15, 0.2) is 0 Å². The lowest BCUT2D eigenvalue weighted by atomic mass is 10.1. The zero-order valence-electron chi connectivity index (χ0n) is 8.82. The molecule has 2 unspecified atom stereocenters. The quantitative estimate of drug-likeness (QED) is 0.311. The van der Waals surface area contributed by atoms with Crippen LogP contribution in [0.25, 0.3) is 0 Å². The van der Waals surface area contributed by atoms with E-state index < -0.39 is 12.1 Å². The number of nitrogens with one attached hydrogen (secondary N) is 3. The van der Waals surface area contributed by atoms with Crippen LogP contribution in [0.4, 0.5) is 14.4 Å². The molecular formula is C7H16N6O3. The third-order valence-electron chi connectivity index (χ3n) is 1.59. The molecule has 0 aliphatic carbocycles. The predicted octanol–water partition coefficient (Wildman–Crippen LogP) is -1.90. The Hall–Kier alpha value is -2.19. The summed E-state index contributed by atoms with van der Waals surface area (Å²) in [6.45, 7) is 1.86. The average molecular weight is 232 g/mol. The highest BCUT2D eigenvalue weighted by Gasteiger charge is 2.22. The minimum atomic E-state index is -0.833. The molecule has 0 aromatic carbocycles. The first-order valence-corrected chi connectivity index (χ1v) is 4.49. The molecule has 0 saturated carbocycles. The van der Waals surface area contributed by atoms with Crippen molar-refractivity contribution in [1.29, 1.82) is 0 Å². The van der Waals surface area contributed by atoms with Gasteiger partial charge in [-0.05, 0) is 6.92 Å². The van der Waals surface area contributed by atoms with E-state index in [0.29, 0.717) is 6.42 Å². The van der Waals surface area contributed by atoms with Gasteiger partial charge in [-0.15, -0.1) is 0 Å². The lowest BCUT2D eigenvalue weighted by Crippen LogP contribution is -2.60. The predicted molar refractivity (Wildman–Crippen MR) is 56.0 cm³/mol. The summed E-state index contributed by atoms with van der Waals surface area (Å²) in [6.07, 6.45) is 0.278. The number of carbonyl (C=O) groups excluding carboxylic acids is 3. The van der Waals surface area contributed by atoms with Crippen LogP contribution in [0.5, 0.6) is 0 Å². The van der Waals surface area contributed by atoms with E-state index in [1.807, 2.05) is 6.92 Å². The van der Waals surface area contributed by atoms with Crippen LogP contribution in [0.3, 0.4) is 0 Å². The molecule has 1 saturated heterocycles. The summed E-state index contributed by atoms with van der Waals surface area (Å²) in [4.78, 5) is 30.3. The molecule has 0 radical (unpaired) electrons. The molecular weight excluding hydrogens is 216 g/mol. The molecule has 9 nitrogen and oxygen atoms in total. The molecule has 6 amide bonds. The summed E-state index contributed by atoms with van der Waals surface area (Å²) in [5.74, 6) is 0. The van der Waals surface area contributed by atoms with Crippen molar-refractivity contribution < 1.29 is 14.4 Å². The average Bonchev–Trinajstić information content (AvgIpc) is 1.97. The number of carbonyl (C=O) groups is 3. The number of urea groups is 3. The fourth-order valence-corrected chi connectivity index (χ4v) is 1.16. The van der Waals surface area contributed by atoms with Crippen molar-refractivity contribution in [2.24, 2.45) is 17.2 Å². The zero-order valence-corrected chi connectivity index (χ0v) is 8.82. The lowest BCUT2D eigenvalue weighted by molar-refractivity contribution is 0.211. The van der Waals surface area contributed by atoms with Crippen LogP contribution in [0.2, 0.25) is 0 Å². The summed E-state index contributed by atoms with van der Waals surface area (Å²) >= 11 is 0. The van der Waals surface area contributed by atoms with Crippen molar-refractivity contribution in [3.63, 3.8) is 0 Å². The minimum absolute atomic E-state index is 0.0515. The first-order valence-electron chi connectivity index (χ1n) is 4.49. The normalized spacial score (nSPS) is 22.9. The summed E-state index contributed by atoms with van der Waals surface area (Å²) in [5, 5.41) is 7.57. The third kappa shape index (κ3) is 7.24. The third-order valence-corrected chi connectivity index (χ3v) is 1.59. The molecule has 1 heterocycles. The van der Waals surface area contributed by atoms with Gasteiger partial charge in [-0.1, -0.05) is 0 Å². The number of amides is 6. The van der Waals surface area contributed by atoms with Gasteiger partial charge in [-0.2, -0.15) is 0 Å². The van der Waals surface area contributed by atoms with Crippen LogP contribution in [-0.4, -0.2) is 30.3 Å². The van der Waals surface area contributed by atoms with Crippen LogP contribution >= 0.6 is 0 Å². The molecule has 92 valence electrons. The maximum absolute atomic E-state index is 10.9. The summed E-state index contributed by atoms with van der Waals surface area (Å²) in [5.41, 5.74) is 13.4. The number of primary amides is 3. The molecule has 1 aliphatic rings. The minimum Gasteiger partial charge on any atom is -0.352 e. The molecule has 0 aromatic rings. The van der Waals surface area contributed by atoms with E-state index in [1.54, 1.807) is 0 Å². The van der Waals surface area contributed by atoms with E-state index in [9.17, 15) is 9.59 Å². The molecule has 9 heteroatoms. The van der Waals surface area contributed by atoms with Gasteiger partial charge in [0.15, 0.2) is 0 Å². The Bertz CT molecular complexity index is 275. The van der Waals surface area contributed by atoms with Gasteiger partial charge in [0, 0.05) is 12.5 Å². The van der Waals surface area contributed by atoms with Gasteiger partial charge >= 0.3 is 18.1 Å². The molecule has 0 spiro atoms. The Morgan fingerprint density at radius 1 is 1.31 bits per heavy atom. The van der Waals surface area contributed by atoms with Crippen molar-refractivity contribution in [3.05, 3.63) is 0 Å². The Labute approximate surface area is 92.1 Å². The van der Waals surface area contributed by atoms with Gasteiger partial charge in [0.05, 0.1) is 0 Å². The van der Waals surface area contributed by atoms with Gasteiger partial charge in [-0.3, -0.25) is 0 Å². The van der Waals surface area contributed by atoms with Gasteiger partial charge < -0.3 is 33.2 Å². The van der Waals surface area contributed by atoms with Crippen molar-refractivity contribution in [1.82, 2.24) is 16.0 Å². The van der Waals surface area contributed by atoms with E-state index in [1.165, 1.54) is 0 Å². The van der Waals surface area contributed by atoms with Crippen LogP contribution < -0.4 is 33.2 Å². The monoisotopic (exact) mass is 232 g/mol. The largest absolute Gasteiger partial charge is 0.352 e.